The Labute approximate surface area is 114 Å². The summed E-state index contributed by atoms with van der Waals surface area (Å²) >= 11 is 0. The molecule has 0 spiro atoms. The van der Waals surface area contributed by atoms with Gasteiger partial charge in [0.05, 0.1) is 27.4 Å². The van der Waals surface area contributed by atoms with Crippen LogP contribution in [0.4, 0.5) is 0 Å². The first-order valence-electron chi connectivity index (χ1n) is 6.11. The van der Waals surface area contributed by atoms with Crippen molar-refractivity contribution < 1.29 is 19.0 Å². The van der Waals surface area contributed by atoms with Crippen LogP contribution in [0.25, 0.3) is 0 Å². The summed E-state index contributed by atoms with van der Waals surface area (Å²) in [5, 5.41) is 0. The lowest BCUT2D eigenvalue weighted by molar-refractivity contribution is -0.134. The van der Waals surface area contributed by atoms with Crippen LogP contribution in [-0.4, -0.2) is 26.8 Å². The highest BCUT2D eigenvalue weighted by atomic mass is 16.5. The van der Waals surface area contributed by atoms with E-state index in [2.05, 4.69) is 4.74 Å². The fourth-order valence-corrected chi connectivity index (χ4v) is 1.48. The number of carbonyl (C=O) groups excluding carboxylic acids is 1. The molecule has 1 aromatic rings. The minimum absolute atomic E-state index is 0.326. The minimum atomic E-state index is -0.326. The Kier molecular flexibility index (Phi) is 6.68. The maximum absolute atomic E-state index is 11.0. The zero-order chi connectivity index (χ0) is 14.1. The smallest absolute Gasteiger partial charge is 0.330 e. The van der Waals surface area contributed by atoms with Crippen molar-refractivity contribution >= 4 is 5.97 Å². The predicted molar refractivity (Wildman–Crippen MR) is 73.0 cm³/mol. The van der Waals surface area contributed by atoms with E-state index in [0.717, 1.165) is 16.9 Å². The molecule has 0 amide bonds. The molecule has 1 rings (SSSR count). The Morgan fingerprint density at radius 3 is 2.47 bits per heavy atom. The molecule has 0 saturated heterocycles. The highest BCUT2D eigenvalue weighted by molar-refractivity contribution is 5.82. The Morgan fingerprint density at radius 2 is 1.89 bits per heavy atom. The minimum Gasteiger partial charge on any atom is -0.497 e. The van der Waals surface area contributed by atoms with Crippen LogP contribution in [0.5, 0.6) is 5.75 Å². The lowest BCUT2D eigenvalue weighted by atomic mass is 10.2. The maximum atomic E-state index is 11.0. The van der Waals surface area contributed by atoms with Crippen LogP contribution in [0.2, 0.25) is 0 Å². The van der Waals surface area contributed by atoms with Gasteiger partial charge in [0.15, 0.2) is 0 Å². The molecular weight excluding hydrogens is 244 g/mol. The second-order valence-corrected chi connectivity index (χ2v) is 4.16. The summed E-state index contributed by atoms with van der Waals surface area (Å²) in [7, 11) is 3.01. The molecule has 0 saturated carbocycles. The topological polar surface area (TPSA) is 44.8 Å². The fourth-order valence-electron chi connectivity index (χ4n) is 1.48. The molecule has 1 aromatic carbocycles. The standard InChI is InChI=1S/C15H20O4/c1-12(10-15(16)18-3)8-9-19-11-13-4-6-14(17-2)7-5-13/h4-7,10H,8-9,11H2,1-3H3/b12-10+. The number of ether oxygens (including phenoxy) is 3. The lowest BCUT2D eigenvalue weighted by Gasteiger charge is -2.06. The zero-order valence-corrected chi connectivity index (χ0v) is 11.6. The van der Waals surface area contributed by atoms with Crippen molar-refractivity contribution in [2.24, 2.45) is 0 Å². The van der Waals surface area contributed by atoms with Gasteiger partial charge in [-0.2, -0.15) is 0 Å². The average molecular weight is 264 g/mol. The molecule has 0 heterocycles. The molecule has 0 unspecified atom stereocenters. The van der Waals surface area contributed by atoms with Gasteiger partial charge in [-0.1, -0.05) is 17.7 Å². The quantitative estimate of drug-likeness (QED) is 0.431. The Balaban J connectivity index is 2.26. The van der Waals surface area contributed by atoms with E-state index in [0.29, 0.717) is 19.6 Å². The molecule has 19 heavy (non-hydrogen) atoms. The summed E-state index contributed by atoms with van der Waals surface area (Å²) in [5.41, 5.74) is 2.04. The van der Waals surface area contributed by atoms with E-state index in [-0.39, 0.29) is 5.97 Å². The van der Waals surface area contributed by atoms with Crippen molar-refractivity contribution in [3.8, 4) is 5.75 Å². The number of esters is 1. The summed E-state index contributed by atoms with van der Waals surface area (Å²) in [6.07, 6.45) is 2.20. The second kappa shape index (κ2) is 8.32. The molecule has 0 aliphatic heterocycles. The molecule has 0 atom stereocenters. The Hall–Kier alpha value is -1.81. The molecule has 0 aliphatic carbocycles. The Bertz CT molecular complexity index is 420. The van der Waals surface area contributed by atoms with E-state index in [1.807, 2.05) is 31.2 Å². The average Bonchev–Trinajstić information content (AvgIpc) is 2.44. The number of carbonyl (C=O) groups is 1. The van der Waals surface area contributed by atoms with E-state index < -0.39 is 0 Å². The van der Waals surface area contributed by atoms with Gasteiger partial charge in [-0.25, -0.2) is 4.79 Å². The Morgan fingerprint density at radius 1 is 1.21 bits per heavy atom. The molecule has 0 aromatic heterocycles. The van der Waals surface area contributed by atoms with Crippen LogP contribution in [0.15, 0.2) is 35.9 Å². The predicted octanol–water partition coefficient (Wildman–Crippen LogP) is 2.72. The van der Waals surface area contributed by atoms with Crippen molar-refractivity contribution in [1.82, 2.24) is 0 Å². The first-order valence-corrected chi connectivity index (χ1v) is 6.11. The summed E-state index contributed by atoms with van der Waals surface area (Å²) in [4.78, 5) is 11.0. The largest absolute Gasteiger partial charge is 0.497 e. The van der Waals surface area contributed by atoms with Gasteiger partial charge in [-0.15, -0.1) is 0 Å². The van der Waals surface area contributed by atoms with E-state index in [4.69, 9.17) is 9.47 Å². The van der Waals surface area contributed by atoms with Crippen molar-refractivity contribution in [3.05, 3.63) is 41.5 Å². The molecule has 0 N–H and O–H groups in total. The number of rotatable bonds is 7. The maximum Gasteiger partial charge on any atom is 0.330 e. The van der Waals surface area contributed by atoms with Crippen molar-refractivity contribution in [3.63, 3.8) is 0 Å². The molecule has 0 radical (unpaired) electrons. The van der Waals surface area contributed by atoms with Crippen molar-refractivity contribution in [1.29, 1.82) is 0 Å². The first kappa shape index (κ1) is 15.2. The van der Waals surface area contributed by atoms with Gasteiger partial charge in [0.25, 0.3) is 0 Å². The molecule has 4 nitrogen and oxygen atoms in total. The summed E-state index contributed by atoms with van der Waals surface area (Å²) in [6, 6.07) is 7.74. The lowest BCUT2D eigenvalue weighted by Crippen LogP contribution is -1.99. The molecule has 0 fully saturated rings. The normalized spacial score (nSPS) is 11.2. The summed E-state index contributed by atoms with van der Waals surface area (Å²) < 4.78 is 15.2. The molecule has 4 heteroatoms. The third-order valence-electron chi connectivity index (χ3n) is 2.63. The van der Waals surface area contributed by atoms with Crippen molar-refractivity contribution in [2.75, 3.05) is 20.8 Å². The fraction of sp³-hybridized carbons (Fsp3) is 0.400. The molecule has 104 valence electrons. The molecule has 0 bridgehead atoms. The zero-order valence-electron chi connectivity index (χ0n) is 11.6. The van der Waals surface area contributed by atoms with Crippen LogP contribution in [0.3, 0.4) is 0 Å². The van der Waals surface area contributed by atoms with Gasteiger partial charge >= 0.3 is 5.97 Å². The van der Waals surface area contributed by atoms with Crippen molar-refractivity contribution in [2.45, 2.75) is 20.0 Å². The van der Waals surface area contributed by atoms with Gasteiger partial charge < -0.3 is 14.2 Å². The van der Waals surface area contributed by atoms with E-state index >= 15 is 0 Å². The van der Waals surface area contributed by atoms with Gasteiger partial charge in [0.2, 0.25) is 0 Å². The third kappa shape index (κ3) is 6.06. The highest BCUT2D eigenvalue weighted by Crippen LogP contribution is 2.12. The van der Waals surface area contributed by atoms with Gasteiger partial charge in [0, 0.05) is 6.08 Å². The molecular formula is C15H20O4. The second-order valence-electron chi connectivity index (χ2n) is 4.16. The van der Waals surface area contributed by atoms with Crippen LogP contribution in [-0.2, 0) is 20.9 Å². The first-order chi connectivity index (χ1) is 9.15. The third-order valence-corrected chi connectivity index (χ3v) is 2.63. The SMILES string of the molecule is COC(=O)/C=C(\C)CCOCc1ccc(OC)cc1. The highest BCUT2D eigenvalue weighted by Gasteiger charge is 1.98. The van der Waals surface area contributed by atoms with Crippen LogP contribution < -0.4 is 4.74 Å². The van der Waals surface area contributed by atoms with Crippen LogP contribution >= 0.6 is 0 Å². The van der Waals surface area contributed by atoms with Crippen LogP contribution in [0, 0.1) is 0 Å². The van der Waals surface area contributed by atoms with Gasteiger partial charge in [0.1, 0.15) is 5.75 Å². The summed E-state index contributed by atoms with van der Waals surface area (Å²) in [5.74, 6) is 0.508. The number of methoxy groups -OCH3 is 2. The number of hydrogen-bond acceptors (Lipinski definition) is 4. The summed E-state index contributed by atoms with van der Waals surface area (Å²) in [6.45, 7) is 3.01. The molecule has 0 aliphatic rings. The van der Waals surface area contributed by atoms with E-state index in [9.17, 15) is 4.79 Å². The van der Waals surface area contributed by atoms with Crippen LogP contribution in [0.1, 0.15) is 18.9 Å². The van der Waals surface area contributed by atoms with Gasteiger partial charge in [-0.05, 0) is 31.0 Å². The van der Waals surface area contributed by atoms with E-state index in [1.54, 1.807) is 7.11 Å². The van der Waals surface area contributed by atoms with Gasteiger partial charge in [-0.3, -0.25) is 0 Å². The van der Waals surface area contributed by atoms with E-state index in [1.165, 1.54) is 13.2 Å². The number of benzene rings is 1. The number of hydrogen-bond donors (Lipinski definition) is 0. The monoisotopic (exact) mass is 264 g/mol.